The highest BCUT2D eigenvalue weighted by Crippen LogP contribution is 2.39. The van der Waals surface area contributed by atoms with Gasteiger partial charge in [0, 0.05) is 20.2 Å². The zero-order valence-electron chi connectivity index (χ0n) is 21.0. The van der Waals surface area contributed by atoms with Gasteiger partial charge in [-0.3, -0.25) is 4.90 Å². The van der Waals surface area contributed by atoms with Gasteiger partial charge >= 0.3 is 0 Å². The summed E-state index contributed by atoms with van der Waals surface area (Å²) >= 11 is 0. The van der Waals surface area contributed by atoms with Crippen LogP contribution in [-0.4, -0.2) is 44.5 Å². The van der Waals surface area contributed by atoms with Gasteiger partial charge in [-0.25, -0.2) is 0 Å². The van der Waals surface area contributed by atoms with Gasteiger partial charge in [0.05, 0.1) is 27.4 Å². The molecule has 0 fully saturated rings. The molecule has 1 N–H and O–H groups in total. The molecular formula is C30H33NO5. The van der Waals surface area contributed by atoms with E-state index in [2.05, 4.69) is 17.0 Å². The van der Waals surface area contributed by atoms with Crippen molar-refractivity contribution in [3.8, 4) is 11.5 Å². The first kappa shape index (κ1) is 25.5. The van der Waals surface area contributed by atoms with Gasteiger partial charge in [-0.2, -0.15) is 0 Å². The standard InChI is InChI=1S/C30H33NO5/c1-33-20-19-31(21-23-7-5-4-6-8-23)22-28-17-18-29(36-28)30(32,24-9-13-26(34-2)14-10-24)25-11-15-27(35-3)16-12-25/h4-18,32H,19-22H2,1-3H3. The molecule has 0 aliphatic rings. The van der Waals surface area contributed by atoms with E-state index < -0.39 is 5.60 Å². The van der Waals surface area contributed by atoms with Gasteiger partial charge in [0.15, 0.2) is 5.60 Å². The van der Waals surface area contributed by atoms with Crippen molar-refractivity contribution < 1.29 is 23.7 Å². The number of nitrogens with zero attached hydrogens (tertiary/aromatic N) is 1. The molecular weight excluding hydrogens is 454 g/mol. The minimum atomic E-state index is -1.49. The lowest BCUT2D eigenvalue weighted by Crippen LogP contribution is -2.28. The maximum absolute atomic E-state index is 12.2. The number of rotatable bonds is 12. The summed E-state index contributed by atoms with van der Waals surface area (Å²) < 4.78 is 22.3. The van der Waals surface area contributed by atoms with Crippen molar-refractivity contribution in [3.63, 3.8) is 0 Å². The third-order valence-corrected chi connectivity index (χ3v) is 6.27. The zero-order valence-corrected chi connectivity index (χ0v) is 21.0. The Bertz CT molecular complexity index is 1150. The van der Waals surface area contributed by atoms with E-state index in [1.807, 2.05) is 78.9 Å². The number of methoxy groups -OCH3 is 3. The lowest BCUT2D eigenvalue weighted by Gasteiger charge is -2.28. The van der Waals surface area contributed by atoms with E-state index >= 15 is 0 Å². The summed E-state index contributed by atoms with van der Waals surface area (Å²) in [6.45, 7) is 2.71. The maximum Gasteiger partial charge on any atom is 0.173 e. The van der Waals surface area contributed by atoms with Gasteiger partial charge in [0.25, 0.3) is 0 Å². The van der Waals surface area contributed by atoms with Crippen molar-refractivity contribution in [2.24, 2.45) is 0 Å². The van der Waals surface area contributed by atoms with Crippen molar-refractivity contribution in [1.29, 1.82) is 0 Å². The van der Waals surface area contributed by atoms with Crippen LogP contribution >= 0.6 is 0 Å². The molecule has 0 saturated heterocycles. The van der Waals surface area contributed by atoms with Gasteiger partial charge < -0.3 is 23.7 Å². The SMILES string of the molecule is COCCN(Cc1ccccc1)Cc1ccc(C(O)(c2ccc(OC)cc2)c2ccc(OC)cc2)o1. The van der Waals surface area contributed by atoms with Crippen LogP contribution in [0.25, 0.3) is 0 Å². The first-order chi connectivity index (χ1) is 17.6. The van der Waals surface area contributed by atoms with Gasteiger partial charge in [0.2, 0.25) is 0 Å². The molecule has 6 heteroatoms. The maximum atomic E-state index is 12.2. The van der Waals surface area contributed by atoms with Crippen molar-refractivity contribution in [3.05, 3.63) is 119 Å². The molecule has 0 saturated carbocycles. The fraction of sp³-hybridized carbons (Fsp3) is 0.267. The third kappa shape index (κ3) is 5.79. The molecule has 0 amide bonds. The summed E-state index contributed by atoms with van der Waals surface area (Å²) in [6, 6.07) is 28.8. The smallest absolute Gasteiger partial charge is 0.173 e. The number of hydrogen-bond donors (Lipinski definition) is 1. The fourth-order valence-electron chi connectivity index (χ4n) is 4.27. The molecule has 6 nitrogen and oxygen atoms in total. The highest BCUT2D eigenvalue weighted by atomic mass is 16.5. The molecule has 3 aromatic carbocycles. The molecule has 4 aromatic rings. The van der Waals surface area contributed by atoms with Crippen LogP contribution in [0.3, 0.4) is 0 Å². The van der Waals surface area contributed by atoms with Crippen LogP contribution < -0.4 is 9.47 Å². The number of aliphatic hydroxyl groups is 1. The topological polar surface area (TPSA) is 64.3 Å². The first-order valence-electron chi connectivity index (χ1n) is 11.9. The molecule has 1 heterocycles. The first-order valence-corrected chi connectivity index (χ1v) is 11.9. The van der Waals surface area contributed by atoms with Gasteiger partial charge in [0.1, 0.15) is 23.0 Å². The van der Waals surface area contributed by atoms with Crippen molar-refractivity contribution in [2.75, 3.05) is 34.5 Å². The Kier molecular flexibility index (Phi) is 8.44. The second-order valence-electron chi connectivity index (χ2n) is 8.62. The molecule has 188 valence electrons. The Morgan fingerprint density at radius 3 is 1.83 bits per heavy atom. The predicted octanol–water partition coefficient (Wildman–Crippen LogP) is 5.23. The van der Waals surface area contributed by atoms with E-state index in [0.29, 0.717) is 41.5 Å². The summed E-state index contributed by atoms with van der Waals surface area (Å²) in [6.07, 6.45) is 0. The van der Waals surface area contributed by atoms with Crippen LogP contribution in [0.5, 0.6) is 11.5 Å². The third-order valence-electron chi connectivity index (χ3n) is 6.27. The van der Waals surface area contributed by atoms with Crippen LogP contribution in [0.15, 0.2) is 95.4 Å². The fourth-order valence-corrected chi connectivity index (χ4v) is 4.27. The largest absolute Gasteiger partial charge is 0.497 e. The number of ether oxygens (including phenoxy) is 3. The highest BCUT2D eigenvalue weighted by Gasteiger charge is 2.37. The Hall–Kier alpha value is -3.58. The molecule has 0 unspecified atom stereocenters. The zero-order chi connectivity index (χ0) is 25.4. The molecule has 1 aromatic heterocycles. The van der Waals surface area contributed by atoms with Crippen LogP contribution in [0.4, 0.5) is 0 Å². The Morgan fingerprint density at radius 2 is 1.31 bits per heavy atom. The molecule has 0 bridgehead atoms. The minimum Gasteiger partial charge on any atom is -0.497 e. The second kappa shape index (κ2) is 11.9. The normalized spacial score (nSPS) is 11.6. The van der Waals surface area contributed by atoms with E-state index in [4.69, 9.17) is 18.6 Å². The Balaban J connectivity index is 1.66. The molecule has 0 spiro atoms. The molecule has 36 heavy (non-hydrogen) atoms. The molecule has 0 aliphatic heterocycles. The van der Waals surface area contributed by atoms with Crippen LogP contribution in [0, 0.1) is 0 Å². The van der Waals surface area contributed by atoms with Gasteiger partial charge in [-0.05, 0) is 53.1 Å². The van der Waals surface area contributed by atoms with Crippen molar-refractivity contribution in [1.82, 2.24) is 4.90 Å². The van der Waals surface area contributed by atoms with Gasteiger partial charge in [-0.1, -0.05) is 54.6 Å². The molecule has 0 aliphatic carbocycles. The Morgan fingerprint density at radius 1 is 0.722 bits per heavy atom. The van der Waals surface area contributed by atoms with E-state index in [0.717, 1.165) is 18.8 Å². The minimum absolute atomic E-state index is 0.444. The number of furan rings is 1. The number of benzene rings is 3. The molecule has 0 atom stereocenters. The molecule has 4 rings (SSSR count). The predicted molar refractivity (Wildman–Crippen MR) is 139 cm³/mol. The van der Waals surface area contributed by atoms with E-state index in [1.54, 1.807) is 21.3 Å². The quantitative estimate of drug-likeness (QED) is 0.295. The van der Waals surface area contributed by atoms with E-state index in [1.165, 1.54) is 5.56 Å². The molecule has 0 radical (unpaired) electrons. The summed E-state index contributed by atoms with van der Waals surface area (Å²) in [5.41, 5.74) is 1.08. The summed E-state index contributed by atoms with van der Waals surface area (Å²) in [5, 5.41) is 12.2. The van der Waals surface area contributed by atoms with E-state index in [9.17, 15) is 5.11 Å². The van der Waals surface area contributed by atoms with Crippen molar-refractivity contribution >= 4 is 0 Å². The number of hydrogen-bond acceptors (Lipinski definition) is 6. The summed E-state index contributed by atoms with van der Waals surface area (Å²) in [7, 11) is 4.94. The van der Waals surface area contributed by atoms with Crippen LogP contribution in [-0.2, 0) is 23.4 Å². The van der Waals surface area contributed by atoms with Crippen LogP contribution in [0.1, 0.15) is 28.2 Å². The van der Waals surface area contributed by atoms with E-state index in [-0.39, 0.29) is 0 Å². The monoisotopic (exact) mass is 487 g/mol. The summed E-state index contributed by atoms with van der Waals surface area (Å²) in [5.74, 6) is 2.63. The van der Waals surface area contributed by atoms with Gasteiger partial charge in [-0.15, -0.1) is 0 Å². The van der Waals surface area contributed by atoms with Crippen molar-refractivity contribution in [2.45, 2.75) is 18.7 Å². The lowest BCUT2D eigenvalue weighted by atomic mass is 9.84. The average Bonchev–Trinajstić information content (AvgIpc) is 3.41. The van der Waals surface area contributed by atoms with Crippen LogP contribution in [0.2, 0.25) is 0 Å². The highest BCUT2D eigenvalue weighted by molar-refractivity contribution is 5.46. The summed E-state index contributed by atoms with van der Waals surface area (Å²) in [4.78, 5) is 2.27. The average molecular weight is 488 g/mol. The Labute approximate surface area is 212 Å². The second-order valence-corrected chi connectivity index (χ2v) is 8.62. The lowest BCUT2D eigenvalue weighted by molar-refractivity contribution is 0.0931.